The molecule has 1 N–H and O–H groups in total. The Morgan fingerprint density at radius 3 is 2.78 bits per heavy atom. The van der Waals surface area contributed by atoms with Crippen LogP contribution in [0.5, 0.6) is 0 Å². The van der Waals surface area contributed by atoms with Crippen LogP contribution in [0.4, 0.5) is 18.0 Å². The van der Waals surface area contributed by atoms with E-state index in [1.165, 1.54) is 24.4 Å². The summed E-state index contributed by atoms with van der Waals surface area (Å²) in [5.41, 5.74) is 0.728. The Morgan fingerprint density at radius 2 is 2.22 bits per heavy atom. The summed E-state index contributed by atoms with van der Waals surface area (Å²) in [7, 11) is 0. The minimum atomic E-state index is -4.70. The van der Waals surface area contributed by atoms with Crippen molar-refractivity contribution in [3.8, 4) is 11.4 Å². The molecule has 0 radical (unpaired) electrons. The van der Waals surface area contributed by atoms with Gasteiger partial charge < -0.3 is 14.6 Å². The molecule has 0 aliphatic heterocycles. The predicted molar refractivity (Wildman–Crippen MR) is 70.9 cm³/mol. The maximum absolute atomic E-state index is 12.4. The predicted octanol–water partition coefficient (Wildman–Crippen LogP) is 2.56. The Labute approximate surface area is 128 Å². The van der Waals surface area contributed by atoms with Crippen molar-refractivity contribution in [3.05, 3.63) is 42.6 Å². The summed E-state index contributed by atoms with van der Waals surface area (Å²) in [5, 5.41) is 5.69. The van der Waals surface area contributed by atoms with Crippen LogP contribution in [0.15, 0.2) is 35.5 Å². The molecule has 0 atom stereocenters. The summed E-state index contributed by atoms with van der Waals surface area (Å²) in [6.07, 6.45) is -2.64. The molecule has 2 aromatic heterocycles. The molecule has 1 amide bonds. The number of carbonyl (C=O) groups is 1. The third-order valence-corrected chi connectivity index (χ3v) is 2.50. The Kier molecular flexibility index (Phi) is 4.94. The van der Waals surface area contributed by atoms with Crippen LogP contribution >= 0.6 is 0 Å². The Hall–Kier alpha value is -2.91. The van der Waals surface area contributed by atoms with E-state index in [1.54, 1.807) is 0 Å². The van der Waals surface area contributed by atoms with E-state index in [-0.39, 0.29) is 24.5 Å². The Bertz CT molecular complexity index is 683. The number of alkyl carbamates (subject to hydrolysis) is 1. The van der Waals surface area contributed by atoms with Gasteiger partial charge >= 0.3 is 18.2 Å². The second kappa shape index (κ2) is 6.90. The number of nitrogens with one attached hydrogen (secondary N) is 1. The average Bonchev–Trinajstić information content (AvgIpc) is 3.01. The third kappa shape index (κ3) is 4.53. The number of nitrogens with zero attached hydrogens (tertiary/aromatic N) is 3. The number of hydrogen-bond donors (Lipinski definition) is 1. The molecule has 0 saturated heterocycles. The molecule has 0 aliphatic rings. The van der Waals surface area contributed by atoms with Crippen molar-refractivity contribution in [2.75, 3.05) is 6.61 Å². The summed E-state index contributed by atoms with van der Waals surface area (Å²) in [4.78, 5) is 18.4. The van der Waals surface area contributed by atoms with E-state index in [0.29, 0.717) is 5.69 Å². The van der Waals surface area contributed by atoms with Gasteiger partial charge in [0.1, 0.15) is 6.61 Å². The highest BCUT2D eigenvalue weighted by molar-refractivity contribution is 5.67. The zero-order valence-corrected chi connectivity index (χ0v) is 11.6. The van der Waals surface area contributed by atoms with Crippen molar-refractivity contribution in [1.82, 2.24) is 20.4 Å². The topological polar surface area (TPSA) is 90.1 Å². The van der Waals surface area contributed by atoms with Gasteiger partial charge in [0.2, 0.25) is 5.82 Å². The lowest BCUT2D eigenvalue weighted by molar-refractivity contribution is -0.159. The summed E-state index contributed by atoms with van der Waals surface area (Å²) in [6, 6.07) is 2.97. The second-order valence-corrected chi connectivity index (χ2v) is 4.20. The highest BCUT2D eigenvalue weighted by atomic mass is 19.4. The van der Waals surface area contributed by atoms with E-state index in [1.807, 2.05) is 0 Å². The van der Waals surface area contributed by atoms with Crippen molar-refractivity contribution < 1.29 is 27.2 Å². The van der Waals surface area contributed by atoms with Gasteiger partial charge in [-0.2, -0.15) is 18.2 Å². The van der Waals surface area contributed by atoms with Gasteiger partial charge in [0, 0.05) is 11.8 Å². The molecule has 0 saturated carbocycles. The van der Waals surface area contributed by atoms with Crippen molar-refractivity contribution >= 4 is 6.09 Å². The molecule has 10 heteroatoms. The van der Waals surface area contributed by atoms with Gasteiger partial charge in [0.15, 0.2) is 0 Å². The Balaban J connectivity index is 1.98. The van der Waals surface area contributed by atoms with E-state index in [9.17, 15) is 18.0 Å². The number of carbonyl (C=O) groups excluding carboxylic acids is 1. The highest BCUT2D eigenvalue weighted by Crippen LogP contribution is 2.29. The first kappa shape index (κ1) is 16.5. The highest BCUT2D eigenvalue weighted by Gasteiger charge is 2.38. The van der Waals surface area contributed by atoms with Crippen molar-refractivity contribution in [2.45, 2.75) is 12.7 Å². The summed E-state index contributed by atoms with van der Waals surface area (Å²) in [6.45, 7) is 3.57. The monoisotopic (exact) mass is 328 g/mol. The minimum Gasteiger partial charge on any atom is -0.445 e. The molecular formula is C13H11F3N4O3. The molecule has 2 heterocycles. The van der Waals surface area contributed by atoms with E-state index >= 15 is 0 Å². The number of amides is 1. The van der Waals surface area contributed by atoms with Gasteiger partial charge in [0.25, 0.3) is 0 Å². The minimum absolute atomic E-state index is 0.0809. The number of halogens is 3. The second-order valence-electron chi connectivity index (χ2n) is 4.20. The van der Waals surface area contributed by atoms with Gasteiger partial charge in [-0.25, -0.2) is 4.79 Å². The van der Waals surface area contributed by atoms with Crippen LogP contribution in [0.25, 0.3) is 11.4 Å². The lowest BCUT2D eigenvalue weighted by Crippen LogP contribution is -2.24. The van der Waals surface area contributed by atoms with Crippen molar-refractivity contribution in [2.24, 2.45) is 0 Å². The summed E-state index contributed by atoms with van der Waals surface area (Å²) < 4.78 is 46.0. The summed E-state index contributed by atoms with van der Waals surface area (Å²) in [5.74, 6) is -1.65. The average molecular weight is 328 g/mol. The maximum Gasteiger partial charge on any atom is 0.471 e. The molecule has 2 rings (SSSR count). The first-order valence-corrected chi connectivity index (χ1v) is 6.28. The van der Waals surface area contributed by atoms with Crippen molar-refractivity contribution in [3.63, 3.8) is 0 Å². The number of aromatic nitrogens is 3. The standard InChI is InChI=1S/C13H11F3N4O3/c1-2-5-22-12(21)18-7-9-4-3-8(6-17-9)10-19-11(23-20-10)13(14,15)16/h2-4,6H,1,5,7H2,(H,18,21). The van der Waals surface area contributed by atoms with Gasteiger partial charge in [-0.15, -0.1) is 0 Å². The zero-order chi connectivity index (χ0) is 16.9. The van der Waals surface area contributed by atoms with Crippen LogP contribution < -0.4 is 5.32 Å². The van der Waals surface area contributed by atoms with E-state index in [2.05, 4.69) is 31.5 Å². The lowest BCUT2D eigenvalue weighted by Gasteiger charge is -2.05. The molecule has 0 aliphatic carbocycles. The molecule has 2 aromatic rings. The van der Waals surface area contributed by atoms with Gasteiger partial charge in [-0.05, 0) is 12.1 Å². The van der Waals surface area contributed by atoms with Crippen molar-refractivity contribution in [1.29, 1.82) is 0 Å². The molecule has 0 spiro atoms. The number of hydrogen-bond acceptors (Lipinski definition) is 6. The Morgan fingerprint density at radius 1 is 1.43 bits per heavy atom. The fourth-order valence-electron chi connectivity index (χ4n) is 1.47. The van der Waals surface area contributed by atoms with Gasteiger partial charge in [-0.3, -0.25) is 4.98 Å². The largest absolute Gasteiger partial charge is 0.471 e. The smallest absolute Gasteiger partial charge is 0.445 e. The maximum atomic E-state index is 12.4. The number of alkyl halides is 3. The molecule has 122 valence electrons. The SMILES string of the molecule is C=CCOC(=O)NCc1ccc(-c2noc(C(F)(F)F)n2)cn1. The third-order valence-electron chi connectivity index (χ3n) is 2.50. The van der Waals surface area contributed by atoms with Crippen LogP contribution in [0, 0.1) is 0 Å². The van der Waals surface area contributed by atoms with E-state index < -0.39 is 18.2 Å². The normalized spacial score (nSPS) is 11.1. The quantitative estimate of drug-likeness (QED) is 0.848. The molecule has 0 fully saturated rings. The molecule has 7 nitrogen and oxygen atoms in total. The van der Waals surface area contributed by atoms with Crippen LogP contribution in [-0.4, -0.2) is 27.8 Å². The first-order chi connectivity index (χ1) is 10.9. The van der Waals surface area contributed by atoms with Crippen LogP contribution in [0.2, 0.25) is 0 Å². The first-order valence-electron chi connectivity index (χ1n) is 6.28. The number of rotatable bonds is 5. The van der Waals surface area contributed by atoms with Crippen LogP contribution in [0.1, 0.15) is 11.6 Å². The van der Waals surface area contributed by atoms with Crippen LogP contribution in [-0.2, 0) is 17.5 Å². The van der Waals surface area contributed by atoms with E-state index in [4.69, 9.17) is 4.74 Å². The molecular weight excluding hydrogens is 317 g/mol. The number of ether oxygens (including phenoxy) is 1. The van der Waals surface area contributed by atoms with Gasteiger partial charge in [0.05, 0.1) is 12.2 Å². The fraction of sp³-hybridized carbons (Fsp3) is 0.231. The zero-order valence-electron chi connectivity index (χ0n) is 11.6. The summed E-state index contributed by atoms with van der Waals surface area (Å²) >= 11 is 0. The fourth-order valence-corrected chi connectivity index (χ4v) is 1.47. The molecule has 0 unspecified atom stereocenters. The molecule has 23 heavy (non-hydrogen) atoms. The van der Waals surface area contributed by atoms with Crippen LogP contribution in [0.3, 0.4) is 0 Å². The van der Waals surface area contributed by atoms with Gasteiger partial charge in [-0.1, -0.05) is 17.8 Å². The van der Waals surface area contributed by atoms with E-state index in [0.717, 1.165) is 0 Å². The number of pyridine rings is 1. The molecule has 0 bridgehead atoms. The lowest BCUT2D eigenvalue weighted by atomic mass is 10.2. The molecule has 0 aromatic carbocycles.